The van der Waals surface area contributed by atoms with E-state index in [2.05, 4.69) is 5.32 Å². The van der Waals surface area contributed by atoms with E-state index in [1.807, 2.05) is 13.0 Å². The Hall–Kier alpha value is -2.15. The molecule has 0 atom stereocenters. The van der Waals surface area contributed by atoms with Crippen molar-refractivity contribution >= 4 is 12.0 Å². The number of benzene rings is 1. The summed E-state index contributed by atoms with van der Waals surface area (Å²) < 4.78 is 13.1. The normalized spacial score (nSPS) is 10.9. The van der Waals surface area contributed by atoms with Crippen molar-refractivity contribution in [2.45, 2.75) is 26.7 Å². The number of nitriles is 1. The molecule has 3 nitrogen and oxygen atoms in total. The molecule has 1 aromatic carbocycles. The van der Waals surface area contributed by atoms with Crippen LogP contribution in [0.25, 0.3) is 6.08 Å². The molecular weight excluding hydrogens is 243 g/mol. The third kappa shape index (κ3) is 4.55. The lowest BCUT2D eigenvalue weighted by atomic mass is 10.1. The topological polar surface area (TPSA) is 52.9 Å². The minimum atomic E-state index is -0.391. The molecule has 1 rings (SSSR count). The number of halogens is 1. The monoisotopic (exact) mass is 260 g/mol. The van der Waals surface area contributed by atoms with Gasteiger partial charge in [0.2, 0.25) is 0 Å². The molecule has 0 saturated heterocycles. The highest BCUT2D eigenvalue weighted by molar-refractivity contribution is 6.01. The highest BCUT2D eigenvalue weighted by Gasteiger charge is 2.08. The average Bonchev–Trinajstić information content (AvgIpc) is 2.40. The van der Waals surface area contributed by atoms with Crippen LogP contribution in [0.1, 0.15) is 30.9 Å². The number of carbonyl (C=O) groups excluding carboxylic acids is 1. The zero-order chi connectivity index (χ0) is 14.3. The Morgan fingerprint density at radius 3 is 2.84 bits per heavy atom. The molecule has 0 spiro atoms. The van der Waals surface area contributed by atoms with E-state index >= 15 is 0 Å². The molecule has 0 heterocycles. The number of hydrogen-bond acceptors (Lipinski definition) is 2. The van der Waals surface area contributed by atoms with Gasteiger partial charge in [-0.25, -0.2) is 4.39 Å². The Morgan fingerprint density at radius 2 is 2.26 bits per heavy atom. The third-order valence-corrected chi connectivity index (χ3v) is 2.67. The van der Waals surface area contributed by atoms with Crippen molar-refractivity contribution in [3.63, 3.8) is 0 Å². The second-order valence-corrected chi connectivity index (χ2v) is 4.29. The van der Waals surface area contributed by atoms with Crippen molar-refractivity contribution in [1.29, 1.82) is 5.26 Å². The van der Waals surface area contributed by atoms with Crippen molar-refractivity contribution in [1.82, 2.24) is 5.32 Å². The summed E-state index contributed by atoms with van der Waals surface area (Å²) in [6, 6.07) is 6.34. The van der Waals surface area contributed by atoms with Crippen molar-refractivity contribution in [2.24, 2.45) is 0 Å². The second kappa shape index (κ2) is 7.32. The van der Waals surface area contributed by atoms with Crippen LogP contribution in [-0.2, 0) is 4.79 Å². The highest BCUT2D eigenvalue weighted by Crippen LogP contribution is 2.12. The van der Waals surface area contributed by atoms with Crippen LogP contribution < -0.4 is 5.32 Å². The minimum absolute atomic E-state index is 0.0297. The zero-order valence-corrected chi connectivity index (χ0v) is 11.2. The third-order valence-electron chi connectivity index (χ3n) is 2.67. The van der Waals surface area contributed by atoms with Crippen LogP contribution in [0.4, 0.5) is 4.39 Å². The Morgan fingerprint density at radius 1 is 1.53 bits per heavy atom. The number of carbonyl (C=O) groups is 1. The first-order valence-corrected chi connectivity index (χ1v) is 6.24. The van der Waals surface area contributed by atoms with Gasteiger partial charge in [-0.2, -0.15) is 5.26 Å². The molecule has 0 aromatic heterocycles. The SMILES string of the molecule is CCCCNC(=O)/C(C#N)=C/c1ccc(F)c(C)c1. The van der Waals surface area contributed by atoms with Gasteiger partial charge in [-0.05, 0) is 42.7 Å². The van der Waals surface area contributed by atoms with E-state index in [0.29, 0.717) is 17.7 Å². The van der Waals surface area contributed by atoms with Gasteiger partial charge in [0.15, 0.2) is 0 Å². The fraction of sp³-hybridized carbons (Fsp3) is 0.333. The fourth-order valence-corrected chi connectivity index (χ4v) is 1.55. The van der Waals surface area contributed by atoms with Crippen molar-refractivity contribution in [2.75, 3.05) is 6.54 Å². The number of hydrogen-bond donors (Lipinski definition) is 1. The van der Waals surface area contributed by atoms with Crippen molar-refractivity contribution in [3.8, 4) is 6.07 Å². The van der Waals surface area contributed by atoms with Gasteiger partial charge >= 0.3 is 0 Å². The van der Waals surface area contributed by atoms with Crippen LogP contribution in [0, 0.1) is 24.1 Å². The van der Waals surface area contributed by atoms with Crippen LogP contribution in [0.2, 0.25) is 0 Å². The van der Waals surface area contributed by atoms with Gasteiger partial charge in [-0.3, -0.25) is 4.79 Å². The second-order valence-electron chi connectivity index (χ2n) is 4.29. The number of rotatable bonds is 5. The summed E-state index contributed by atoms with van der Waals surface area (Å²) in [6.07, 6.45) is 3.32. The van der Waals surface area contributed by atoms with Gasteiger partial charge in [-0.15, -0.1) is 0 Å². The molecule has 0 radical (unpaired) electrons. The van der Waals surface area contributed by atoms with Crippen LogP contribution in [0.3, 0.4) is 0 Å². The summed E-state index contributed by atoms with van der Waals surface area (Å²) in [7, 11) is 0. The minimum Gasteiger partial charge on any atom is -0.351 e. The van der Waals surface area contributed by atoms with E-state index in [1.165, 1.54) is 12.1 Å². The van der Waals surface area contributed by atoms with Crippen LogP contribution >= 0.6 is 0 Å². The number of nitrogens with zero attached hydrogens (tertiary/aromatic N) is 1. The molecular formula is C15H17FN2O. The summed E-state index contributed by atoms with van der Waals surface area (Å²) in [6.45, 7) is 4.21. The lowest BCUT2D eigenvalue weighted by Crippen LogP contribution is -2.25. The number of amides is 1. The van der Waals surface area contributed by atoms with E-state index in [4.69, 9.17) is 5.26 Å². The van der Waals surface area contributed by atoms with Gasteiger partial charge in [0.1, 0.15) is 17.5 Å². The molecule has 1 aromatic rings. The van der Waals surface area contributed by atoms with E-state index in [1.54, 1.807) is 19.1 Å². The van der Waals surface area contributed by atoms with Crippen LogP contribution in [-0.4, -0.2) is 12.5 Å². The quantitative estimate of drug-likeness (QED) is 0.502. The zero-order valence-electron chi connectivity index (χ0n) is 11.2. The molecule has 0 fully saturated rings. The number of aryl methyl sites for hydroxylation is 1. The predicted molar refractivity (Wildman–Crippen MR) is 72.6 cm³/mol. The van der Waals surface area contributed by atoms with Gasteiger partial charge < -0.3 is 5.32 Å². The number of unbranched alkanes of at least 4 members (excludes halogenated alkanes) is 1. The molecule has 0 bridgehead atoms. The molecule has 19 heavy (non-hydrogen) atoms. The number of nitrogens with one attached hydrogen (secondary N) is 1. The van der Waals surface area contributed by atoms with E-state index in [-0.39, 0.29) is 11.4 Å². The van der Waals surface area contributed by atoms with Crippen LogP contribution in [0.15, 0.2) is 23.8 Å². The van der Waals surface area contributed by atoms with Crippen molar-refractivity contribution < 1.29 is 9.18 Å². The maximum absolute atomic E-state index is 13.1. The highest BCUT2D eigenvalue weighted by atomic mass is 19.1. The summed E-state index contributed by atoms with van der Waals surface area (Å²) in [5, 5.41) is 11.7. The van der Waals surface area contributed by atoms with Crippen LogP contribution in [0.5, 0.6) is 0 Å². The first-order valence-electron chi connectivity index (χ1n) is 6.24. The largest absolute Gasteiger partial charge is 0.351 e. The lowest BCUT2D eigenvalue weighted by molar-refractivity contribution is -0.117. The van der Waals surface area contributed by atoms with Gasteiger partial charge in [0.05, 0.1) is 0 Å². The Labute approximate surface area is 112 Å². The maximum Gasteiger partial charge on any atom is 0.261 e. The molecule has 0 aliphatic carbocycles. The van der Waals surface area contributed by atoms with E-state index in [0.717, 1.165) is 12.8 Å². The Bertz CT molecular complexity index is 529. The molecule has 0 saturated carbocycles. The first-order chi connectivity index (χ1) is 9.08. The summed E-state index contributed by atoms with van der Waals surface area (Å²) >= 11 is 0. The standard InChI is InChI=1S/C15H17FN2O/c1-3-4-7-18-15(19)13(10-17)9-12-5-6-14(16)11(2)8-12/h5-6,8-9H,3-4,7H2,1-2H3,(H,18,19)/b13-9+. The van der Waals surface area contributed by atoms with Crippen molar-refractivity contribution in [3.05, 3.63) is 40.7 Å². The average molecular weight is 260 g/mol. The van der Waals surface area contributed by atoms with E-state index in [9.17, 15) is 9.18 Å². The summed E-state index contributed by atoms with van der Waals surface area (Å²) in [5.74, 6) is -0.694. The van der Waals surface area contributed by atoms with E-state index < -0.39 is 5.91 Å². The maximum atomic E-state index is 13.1. The fourth-order valence-electron chi connectivity index (χ4n) is 1.55. The smallest absolute Gasteiger partial charge is 0.261 e. The first kappa shape index (κ1) is 14.9. The molecule has 4 heteroatoms. The summed E-state index contributed by atoms with van der Waals surface area (Å²) in [5.41, 5.74) is 1.15. The molecule has 0 aliphatic heterocycles. The molecule has 1 N–H and O–H groups in total. The lowest BCUT2D eigenvalue weighted by Gasteiger charge is -2.03. The van der Waals surface area contributed by atoms with Gasteiger partial charge in [0, 0.05) is 6.54 Å². The Balaban J connectivity index is 2.84. The molecule has 0 unspecified atom stereocenters. The molecule has 100 valence electrons. The predicted octanol–water partition coefficient (Wildman–Crippen LogP) is 2.96. The molecule has 1 amide bonds. The van der Waals surface area contributed by atoms with Gasteiger partial charge in [-0.1, -0.05) is 19.4 Å². The van der Waals surface area contributed by atoms with Gasteiger partial charge in [0.25, 0.3) is 5.91 Å². The molecule has 0 aliphatic rings. The Kier molecular flexibility index (Phi) is 5.74. The summed E-state index contributed by atoms with van der Waals surface area (Å²) in [4.78, 5) is 11.7.